The number of fused-ring (bicyclic) bond motifs is 7. The van der Waals surface area contributed by atoms with E-state index in [1.165, 1.54) is 74.2 Å². The average molecular weight is 668 g/mol. The zero-order chi connectivity index (χ0) is 35.0. The van der Waals surface area contributed by atoms with Crippen LogP contribution in [0.15, 0.2) is 78.2 Å². The van der Waals surface area contributed by atoms with Crippen molar-refractivity contribution in [2.45, 2.75) is 131 Å². The van der Waals surface area contributed by atoms with Gasteiger partial charge < -0.3 is 10.5 Å². The van der Waals surface area contributed by atoms with Crippen molar-refractivity contribution in [1.29, 1.82) is 0 Å². The van der Waals surface area contributed by atoms with Crippen LogP contribution in [-0.4, -0.2) is 11.5 Å². The van der Waals surface area contributed by atoms with Gasteiger partial charge in [-0.2, -0.15) is 0 Å². The molecule has 0 saturated heterocycles. The van der Waals surface area contributed by atoms with Crippen LogP contribution in [0.2, 0.25) is 0 Å². The lowest BCUT2D eigenvalue weighted by Crippen LogP contribution is -2.67. The zero-order valence-electron chi connectivity index (χ0n) is 31.3. The molecule has 0 heterocycles. The summed E-state index contributed by atoms with van der Waals surface area (Å²) in [5.41, 5.74) is 12.3. The summed E-state index contributed by atoms with van der Waals surface area (Å²) in [6, 6.07) is 9.72. The van der Waals surface area contributed by atoms with Gasteiger partial charge in [0.15, 0.2) is 0 Å². The number of hydrogen-bond donors (Lipinski definition) is 1. The highest BCUT2D eigenvalue weighted by atomic mass is 19.1. The lowest BCUT2D eigenvalue weighted by atomic mass is 9.33. The van der Waals surface area contributed by atoms with Crippen LogP contribution in [0.4, 0.5) is 4.39 Å². The molecule has 266 valence electrons. The van der Waals surface area contributed by atoms with Crippen molar-refractivity contribution >= 4 is 5.97 Å². The second-order valence-corrected chi connectivity index (χ2v) is 18.9. The SMILES string of the molecule is C=C(C)C1CCC2(N)CCC3(C)C(CCC4C5(C)CC=C(C6=CCC(C=CF)(C(=O)OCc7ccccc7)CC6)C(C)(C)C5CCC43C)C12. The van der Waals surface area contributed by atoms with Crippen LogP contribution < -0.4 is 5.73 Å². The van der Waals surface area contributed by atoms with E-state index in [1.54, 1.807) is 0 Å². The summed E-state index contributed by atoms with van der Waals surface area (Å²) in [6.45, 7) is 20.0. The summed E-state index contributed by atoms with van der Waals surface area (Å²) in [6.07, 6.45) is 19.7. The summed E-state index contributed by atoms with van der Waals surface area (Å²) in [5, 5.41) is 0. The molecule has 4 heteroatoms. The fraction of sp³-hybridized carbons (Fsp3) is 0.667. The number of rotatable bonds is 6. The van der Waals surface area contributed by atoms with Crippen LogP contribution in [-0.2, 0) is 16.1 Å². The molecule has 4 saturated carbocycles. The third-order valence-electron chi connectivity index (χ3n) is 16.6. The molecule has 4 fully saturated rings. The summed E-state index contributed by atoms with van der Waals surface area (Å²) in [7, 11) is 0. The highest BCUT2D eigenvalue weighted by Crippen LogP contribution is 2.76. The molecule has 0 radical (unpaired) electrons. The molecule has 0 aliphatic heterocycles. The standard InChI is InChI=1S/C45H62FNO2/c1-30(2)33-17-24-45(47)26-25-42(6)35(38(33)45)13-14-37-41(5)20-18-34(40(3,4)36(41)19-21-43(37,42)7)32-15-22-44(23-16-32,27-28-46)39(48)49-29-31-11-9-8-10-12-31/h8-12,15,18,27-28,33,35-38H,1,13-14,16-17,19-26,29,47H2,2-7H3. The van der Waals surface area contributed by atoms with Gasteiger partial charge in [-0.25, -0.2) is 4.39 Å². The number of allylic oxidation sites excluding steroid dienone is 5. The van der Waals surface area contributed by atoms with Crippen molar-refractivity contribution in [3.63, 3.8) is 0 Å². The van der Waals surface area contributed by atoms with Gasteiger partial charge in [-0.05, 0) is 158 Å². The van der Waals surface area contributed by atoms with Crippen molar-refractivity contribution in [3.8, 4) is 0 Å². The molecule has 1 aromatic rings. The first kappa shape index (κ1) is 35.0. The first-order chi connectivity index (χ1) is 23.2. The monoisotopic (exact) mass is 667 g/mol. The fourth-order valence-electron chi connectivity index (χ4n) is 13.9. The van der Waals surface area contributed by atoms with E-state index in [9.17, 15) is 9.18 Å². The van der Waals surface area contributed by atoms with Gasteiger partial charge in [-0.15, -0.1) is 0 Å². The van der Waals surface area contributed by atoms with E-state index in [0.717, 1.165) is 18.4 Å². The largest absolute Gasteiger partial charge is 0.460 e. The van der Waals surface area contributed by atoms with Gasteiger partial charge in [0.05, 0.1) is 11.7 Å². The second-order valence-electron chi connectivity index (χ2n) is 18.9. The minimum Gasteiger partial charge on any atom is -0.460 e. The summed E-state index contributed by atoms with van der Waals surface area (Å²) in [4.78, 5) is 13.4. The van der Waals surface area contributed by atoms with Gasteiger partial charge in [0.2, 0.25) is 0 Å². The van der Waals surface area contributed by atoms with E-state index in [-0.39, 0.29) is 28.9 Å². The quantitative estimate of drug-likeness (QED) is 0.243. The molecule has 3 nitrogen and oxygen atoms in total. The Kier molecular flexibility index (Phi) is 8.61. The van der Waals surface area contributed by atoms with Crippen LogP contribution >= 0.6 is 0 Å². The Bertz CT molecular complexity index is 1570. The minimum atomic E-state index is -0.953. The van der Waals surface area contributed by atoms with Crippen LogP contribution in [0.1, 0.15) is 124 Å². The van der Waals surface area contributed by atoms with E-state index in [0.29, 0.717) is 59.6 Å². The molecule has 0 amide bonds. The van der Waals surface area contributed by atoms with Gasteiger partial charge in [-0.3, -0.25) is 4.79 Å². The Morgan fingerprint density at radius 3 is 2.35 bits per heavy atom. The van der Waals surface area contributed by atoms with Crippen molar-refractivity contribution < 1.29 is 13.9 Å². The van der Waals surface area contributed by atoms with E-state index in [4.69, 9.17) is 10.5 Å². The fourth-order valence-corrected chi connectivity index (χ4v) is 13.9. The first-order valence-corrected chi connectivity index (χ1v) is 19.5. The number of carbonyl (C=O) groups excluding carboxylic acids is 1. The molecule has 10 unspecified atom stereocenters. The van der Waals surface area contributed by atoms with E-state index in [2.05, 4.69) is 60.3 Å². The van der Waals surface area contributed by atoms with Crippen LogP contribution in [0, 0.1) is 56.7 Å². The number of esters is 1. The molecule has 49 heavy (non-hydrogen) atoms. The Balaban J connectivity index is 1.13. The van der Waals surface area contributed by atoms with Gasteiger partial charge in [0, 0.05) is 5.54 Å². The van der Waals surface area contributed by atoms with Gasteiger partial charge >= 0.3 is 5.97 Å². The molecule has 0 spiro atoms. The average Bonchev–Trinajstić information content (AvgIpc) is 3.43. The predicted octanol–water partition coefficient (Wildman–Crippen LogP) is 11.2. The lowest BCUT2D eigenvalue weighted by Gasteiger charge is -2.72. The van der Waals surface area contributed by atoms with Crippen LogP contribution in [0.25, 0.3) is 0 Å². The van der Waals surface area contributed by atoms with Gasteiger partial charge in [0.1, 0.15) is 6.61 Å². The highest BCUT2D eigenvalue weighted by molar-refractivity contribution is 5.80. The molecule has 10 atom stereocenters. The number of carbonyl (C=O) groups is 1. The van der Waals surface area contributed by atoms with E-state index < -0.39 is 5.41 Å². The van der Waals surface area contributed by atoms with Crippen molar-refractivity contribution in [1.82, 2.24) is 0 Å². The van der Waals surface area contributed by atoms with Crippen LogP contribution in [0.5, 0.6) is 0 Å². The summed E-state index contributed by atoms with van der Waals surface area (Å²) >= 11 is 0. The number of benzene rings is 1. The molecular weight excluding hydrogens is 605 g/mol. The Hall–Kier alpha value is -2.46. The first-order valence-electron chi connectivity index (χ1n) is 19.5. The number of ether oxygens (including phenoxy) is 1. The molecule has 1 aromatic carbocycles. The zero-order valence-corrected chi connectivity index (χ0v) is 31.3. The van der Waals surface area contributed by atoms with Crippen LogP contribution in [0.3, 0.4) is 0 Å². The third-order valence-corrected chi connectivity index (χ3v) is 16.6. The molecule has 6 aliphatic carbocycles. The van der Waals surface area contributed by atoms with Gasteiger partial charge in [-0.1, -0.05) is 89.3 Å². The molecule has 6 aliphatic rings. The smallest absolute Gasteiger partial charge is 0.316 e. The van der Waals surface area contributed by atoms with Crippen molar-refractivity contribution in [2.24, 2.45) is 62.4 Å². The molecule has 0 aromatic heterocycles. The molecule has 7 rings (SSSR count). The predicted molar refractivity (Wildman–Crippen MR) is 198 cm³/mol. The third kappa shape index (κ3) is 5.14. The molecule has 0 bridgehead atoms. The topological polar surface area (TPSA) is 52.3 Å². The summed E-state index contributed by atoms with van der Waals surface area (Å²) < 4.78 is 19.5. The van der Waals surface area contributed by atoms with E-state index in [1.807, 2.05) is 30.3 Å². The number of hydrogen-bond acceptors (Lipinski definition) is 3. The van der Waals surface area contributed by atoms with Crippen molar-refractivity contribution in [2.75, 3.05) is 0 Å². The van der Waals surface area contributed by atoms with Crippen molar-refractivity contribution in [3.05, 3.63) is 83.8 Å². The number of halogens is 1. The maximum absolute atomic E-state index is 13.8. The lowest BCUT2D eigenvalue weighted by molar-refractivity contribution is -0.219. The number of nitrogens with two attached hydrogens (primary N) is 1. The normalized spacial score (nSPS) is 44.1. The maximum Gasteiger partial charge on any atom is 0.316 e. The highest BCUT2D eigenvalue weighted by Gasteiger charge is 2.70. The van der Waals surface area contributed by atoms with E-state index >= 15 is 0 Å². The Morgan fingerprint density at radius 2 is 1.67 bits per heavy atom. The maximum atomic E-state index is 13.8. The minimum absolute atomic E-state index is 0.00745. The second kappa shape index (κ2) is 12.1. The Labute approximate surface area is 296 Å². The summed E-state index contributed by atoms with van der Waals surface area (Å²) in [5.74, 6) is 2.80. The molecular formula is C45H62FNO2. The Morgan fingerprint density at radius 1 is 0.918 bits per heavy atom. The molecule has 2 N–H and O–H groups in total. The van der Waals surface area contributed by atoms with Gasteiger partial charge in [0.25, 0.3) is 0 Å².